The first-order valence-corrected chi connectivity index (χ1v) is 5.58. The maximum absolute atomic E-state index is 8.79. The molecule has 3 heteroatoms. The Bertz CT molecular complexity index is 306. The molecule has 68 valence electrons. The largest absolute Gasteiger partial charge is 0.192 e. The van der Waals surface area contributed by atoms with Crippen LogP contribution in [0.25, 0.3) is 0 Å². The summed E-state index contributed by atoms with van der Waals surface area (Å²) in [7, 11) is 0. The van der Waals surface area contributed by atoms with Gasteiger partial charge in [0.25, 0.3) is 0 Å². The molecule has 0 spiro atoms. The fraction of sp³-hybridized carbons (Fsp3) is 0.300. The van der Waals surface area contributed by atoms with Crippen molar-refractivity contribution in [2.45, 2.75) is 11.3 Å². The van der Waals surface area contributed by atoms with E-state index in [1.807, 2.05) is 24.3 Å². The molecule has 0 heterocycles. The highest BCUT2D eigenvalue weighted by Gasteiger charge is 1.99. The predicted octanol–water partition coefficient (Wildman–Crippen LogP) is 3.28. The SMILES string of the molecule is N#Cc1ccccc1SCCCCl. The smallest absolute Gasteiger partial charge is 0.100 e. The highest BCUT2D eigenvalue weighted by atomic mass is 35.5. The van der Waals surface area contributed by atoms with Crippen molar-refractivity contribution in [1.82, 2.24) is 0 Å². The van der Waals surface area contributed by atoms with Gasteiger partial charge >= 0.3 is 0 Å². The second-order valence-corrected chi connectivity index (χ2v) is 4.01. The normalized spacial score (nSPS) is 9.54. The minimum atomic E-state index is 0.682. The van der Waals surface area contributed by atoms with Gasteiger partial charge in [-0.25, -0.2) is 0 Å². The van der Waals surface area contributed by atoms with Crippen LogP contribution in [0.3, 0.4) is 0 Å². The average Bonchev–Trinajstić information content (AvgIpc) is 2.19. The Morgan fingerprint density at radius 2 is 2.15 bits per heavy atom. The summed E-state index contributed by atoms with van der Waals surface area (Å²) in [5.74, 6) is 1.66. The van der Waals surface area contributed by atoms with Crippen LogP contribution in [0.2, 0.25) is 0 Å². The van der Waals surface area contributed by atoms with Crippen LogP contribution in [-0.4, -0.2) is 11.6 Å². The van der Waals surface area contributed by atoms with Gasteiger partial charge in [-0.1, -0.05) is 12.1 Å². The summed E-state index contributed by atoms with van der Waals surface area (Å²) in [6, 6.07) is 9.80. The fourth-order valence-corrected chi connectivity index (χ4v) is 2.17. The molecule has 0 fully saturated rings. The van der Waals surface area contributed by atoms with Gasteiger partial charge < -0.3 is 0 Å². The number of nitriles is 1. The zero-order valence-electron chi connectivity index (χ0n) is 7.16. The highest BCUT2D eigenvalue weighted by Crippen LogP contribution is 2.22. The molecule has 0 bridgehead atoms. The number of rotatable bonds is 4. The lowest BCUT2D eigenvalue weighted by molar-refractivity contribution is 1.11. The molecule has 1 nitrogen and oxygen atoms in total. The van der Waals surface area contributed by atoms with Gasteiger partial charge in [-0.05, 0) is 24.3 Å². The Morgan fingerprint density at radius 3 is 2.85 bits per heavy atom. The van der Waals surface area contributed by atoms with Crippen molar-refractivity contribution in [3.05, 3.63) is 29.8 Å². The molecule has 13 heavy (non-hydrogen) atoms. The third kappa shape index (κ3) is 3.30. The van der Waals surface area contributed by atoms with Crippen LogP contribution in [0.1, 0.15) is 12.0 Å². The maximum Gasteiger partial charge on any atom is 0.100 e. The van der Waals surface area contributed by atoms with Crippen LogP contribution < -0.4 is 0 Å². The molecular weight excluding hydrogens is 202 g/mol. The molecule has 1 aromatic carbocycles. The Kier molecular flexibility index (Phi) is 4.74. The molecule has 0 aliphatic heterocycles. The molecule has 0 unspecified atom stereocenters. The molecular formula is C10H10ClNS. The minimum absolute atomic E-state index is 0.682. The first-order valence-electron chi connectivity index (χ1n) is 4.06. The van der Waals surface area contributed by atoms with Crippen LogP contribution in [0.4, 0.5) is 0 Å². The summed E-state index contributed by atoms with van der Waals surface area (Å²) in [5, 5.41) is 8.79. The zero-order valence-corrected chi connectivity index (χ0v) is 8.74. The molecule has 0 amide bonds. The lowest BCUT2D eigenvalue weighted by Gasteiger charge is -2.01. The van der Waals surface area contributed by atoms with E-state index in [2.05, 4.69) is 6.07 Å². The summed E-state index contributed by atoms with van der Waals surface area (Å²) >= 11 is 7.25. The zero-order chi connectivity index (χ0) is 9.52. The second kappa shape index (κ2) is 5.90. The van der Waals surface area contributed by atoms with Crippen molar-refractivity contribution in [3.63, 3.8) is 0 Å². The number of alkyl halides is 1. The molecule has 0 aliphatic carbocycles. The lowest BCUT2D eigenvalue weighted by Crippen LogP contribution is -1.84. The monoisotopic (exact) mass is 211 g/mol. The van der Waals surface area contributed by atoms with Gasteiger partial charge in [0, 0.05) is 10.8 Å². The Morgan fingerprint density at radius 1 is 1.38 bits per heavy atom. The van der Waals surface area contributed by atoms with Gasteiger partial charge in [-0.15, -0.1) is 23.4 Å². The van der Waals surface area contributed by atoms with E-state index < -0.39 is 0 Å². The van der Waals surface area contributed by atoms with Crippen molar-refractivity contribution in [2.75, 3.05) is 11.6 Å². The van der Waals surface area contributed by atoms with Crippen molar-refractivity contribution in [1.29, 1.82) is 5.26 Å². The first kappa shape index (κ1) is 10.4. The summed E-state index contributed by atoms with van der Waals surface area (Å²) in [4.78, 5) is 1.05. The average molecular weight is 212 g/mol. The van der Waals surface area contributed by atoms with Gasteiger partial charge in [0.15, 0.2) is 0 Å². The first-order chi connectivity index (χ1) is 6.38. The molecule has 0 radical (unpaired) electrons. The molecule has 0 aliphatic rings. The molecule has 0 N–H and O–H groups in total. The number of benzene rings is 1. The lowest BCUT2D eigenvalue weighted by atomic mass is 10.2. The van der Waals surface area contributed by atoms with E-state index in [4.69, 9.17) is 16.9 Å². The van der Waals surface area contributed by atoms with E-state index in [1.54, 1.807) is 11.8 Å². The molecule has 1 rings (SSSR count). The van der Waals surface area contributed by atoms with E-state index in [0.29, 0.717) is 5.88 Å². The topological polar surface area (TPSA) is 23.8 Å². The minimum Gasteiger partial charge on any atom is -0.192 e. The summed E-state index contributed by atoms with van der Waals surface area (Å²) in [6.07, 6.45) is 0.978. The fourth-order valence-electron chi connectivity index (χ4n) is 0.922. The van der Waals surface area contributed by atoms with Gasteiger partial charge in [0.1, 0.15) is 6.07 Å². The van der Waals surface area contributed by atoms with E-state index in [-0.39, 0.29) is 0 Å². The third-order valence-corrected chi connectivity index (χ3v) is 2.97. The molecule has 0 atom stereocenters. The Hall–Kier alpha value is -0.650. The summed E-state index contributed by atoms with van der Waals surface area (Å²) < 4.78 is 0. The van der Waals surface area contributed by atoms with Crippen LogP contribution >= 0.6 is 23.4 Å². The van der Waals surface area contributed by atoms with Gasteiger partial charge in [0.05, 0.1) is 5.56 Å². The number of hydrogen-bond acceptors (Lipinski definition) is 2. The van der Waals surface area contributed by atoms with Gasteiger partial charge in [-0.3, -0.25) is 0 Å². The predicted molar refractivity (Wildman–Crippen MR) is 57.2 cm³/mol. The van der Waals surface area contributed by atoms with E-state index in [0.717, 1.165) is 22.6 Å². The standard InChI is InChI=1S/C10H10ClNS/c11-6-3-7-13-10-5-2-1-4-9(10)8-12/h1-2,4-5H,3,6-7H2. The van der Waals surface area contributed by atoms with Gasteiger partial charge in [0.2, 0.25) is 0 Å². The van der Waals surface area contributed by atoms with Crippen LogP contribution in [0.5, 0.6) is 0 Å². The van der Waals surface area contributed by atoms with E-state index in [9.17, 15) is 0 Å². The van der Waals surface area contributed by atoms with E-state index in [1.165, 1.54) is 0 Å². The molecule has 1 aromatic rings. The maximum atomic E-state index is 8.79. The second-order valence-electron chi connectivity index (χ2n) is 2.50. The molecule has 0 aromatic heterocycles. The number of halogens is 1. The van der Waals surface area contributed by atoms with Crippen LogP contribution in [-0.2, 0) is 0 Å². The van der Waals surface area contributed by atoms with Crippen LogP contribution in [0.15, 0.2) is 29.2 Å². The highest BCUT2D eigenvalue weighted by molar-refractivity contribution is 7.99. The molecule has 0 saturated carbocycles. The van der Waals surface area contributed by atoms with Crippen molar-refractivity contribution < 1.29 is 0 Å². The number of nitrogens with zero attached hydrogens (tertiary/aromatic N) is 1. The third-order valence-electron chi connectivity index (χ3n) is 1.54. The summed E-state index contributed by atoms with van der Waals surface area (Å²) in [5.41, 5.74) is 0.752. The summed E-state index contributed by atoms with van der Waals surface area (Å²) in [6.45, 7) is 0. The van der Waals surface area contributed by atoms with Crippen molar-refractivity contribution in [3.8, 4) is 6.07 Å². The number of hydrogen-bond donors (Lipinski definition) is 0. The van der Waals surface area contributed by atoms with Gasteiger partial charge in [-0.2, -0.15) is 5.26 Å². The van der Waals surface area contributed by atoms with E-state index >= 15 is 0 Å². The van der Waals surface area contributed by atoms with Crippen molar-refractivity contribution >= 4 is 23.4 Å². The Balaban J connectivity index is 2.60. The van der Waals surface area contributed by atoms with Crippen LogP contribution in [0, 0.1) is 11.3 Å². The Labute approximate surface area is 87.7 Å². The molecule has 0 saturated heterocycles. The van der Waals surface area contributed by atoms with Crippen molar-refractivity contribution in [2.24, 2.45) is 0 Å². The quantitative estimate of drug-likeness (QED) is 0.434. The number of thioether (sulfide) groups is 1.